The van der Waals surface area contributed by atoms with Gasteiger partial charge in [-0.1, -0.05) is 16.8 Å². The molecule has 0 aliphatic heterocycles. The molecule has 1 heterocycles. The number of carbonyl (C=O) groups excluding carboxylic acids is 1. The lowest BCUT2D eigenvalue weighted by atomic mass is 10.2. The highest BCUT2D eigenvalue weighted by Gasteiger charge is 2.15. The van der Waals surface area contributed by atoms with Crippen LogP contribution in [0.1, 0.15) is 23.2 Å². The first-order valence-electron chi connectivity index (χ1n) is 8.17. The molecule has 0 aliphatic rings. The predicted octanol–water partition coefficient (Wildman–Crippen LogP) is 4.15. The van der Waals surface area contributed by atoms with Crippen molar-refractivity contribution in [3.63, 3.8) is 0 Å². The van der Waals surface area contributed by atoms with E-state index in [1.54, 1.807) is 42.5 Å². The standard InChI is InChI=1S/C19H17ClN2O5/c1-3-25-15-9-6-13(10-16(15)24-2)19(23)26-11-17-21-18(22-27-17)12-4-7-14(20)8-5-12/h4-10H,3,11H2,1-2H3. The van der Waals surface area contributed by atoms with Gasteiger partial charge in [-0.25, -0.2) is 4.79 Å². The molecule has 0 spiro atoms. The van der Waals surface area contributed by atoms with Gasteiger partial charge in [0.15, 0.2) is 18.1 Å². The van der Waals surface area contributed by atoms with Gasteiger partial charge < -0.3 is 18.7 Å². The Bertz CT molecular complexity index is 924. The van der Waals surface area contributed by atoms with Gasteiger partial charge >= 0.3 is 5.97 Å². The van der Waals surface area contributed by atoms with Crippen molar-refractivity contribution in [3.05, 3.63) is 58.9 Å². The highest BCUT2D eigenvalue weighted by atomic mass is 35.5. The predicted molar refractivity (Wildman–Crippen MR) is 98.0 cm³/mol. The van der Waals surface area contributed by atoms with Crippen molar-refractivity contribution >= 4 is 17.6 Å². The second-order valence-corrected chi connectivity index (χ2v) is 5.83. The summed E-state index contributed by atoms with van der Waals surface area (Å²) in [6.07, 6.45) is 0. The number of rotatable bonds is 7. The Morgan fingerprint density at radius 2 is 1.93 bits per heavy atom. The highest BCUT2D eigenvalue weighted by Crippen LogP contribution is 2.28. The Balaban J connectivity index is 1.65. The van der Waals surface area contributed by atoms with Crippen LogP contribution in [-0.4, -0.2) is 29.8 Å². The first kappa shape index (κ1) is 18.7. The van der Waals surface area contributed by atoms with E-state index in [2.05, 4.69) is 10.1 Å². The SMILES string of the molecule is CCOc1ccc(C(=O)OCc2nc(-c3ccc(Cl)cc3)no2)cc1OC. The lowest BCUT2D eigenvalue weighted by Crippen LogP contribution is -2.06. The van der Waals surface area contributed by atoms with Crippen LogP contribution in [0.3, 0.4) is 0 Å². The molecule has 7 nitrogen and oxygen atoms in total. The monoisotopic (exact) mass is 388 g/mol. The summed E-state index contributed by atoms with van der Waals surface area (Å²) in [5.41, 5.74) is 1.07. The molecule has 0 unspecified atom stereocenters. The topological polar surface area (TPSA) is 83.7 Å². The summed E-state index contributed by atoms with van der Waals surface area (Å²) in [5.74, 6) is 1.05. The van der Waals surface area contributed by atoms with E-state index in [9.17, 15) is 4.79 Å². The maximum Gasteiger partial charge on any atom is 0.338 e. The number of hydrogen-bond acceptors (Lipinski definition) is 7. The third-order valence-electron chi connectivity index (χ3n) is 3.60. The highest BCUT2D eigenvalue weighted by molar-refractivity contribution is 6.30. The van der Waals surface area contributed by atoms with Crippen LogP contribution in [0.2, 0.25) is 5.02 Å². The minimum absolute atomic E-state index is 0.144. The maximum absolute atomic E-state index is 12.2. The first-order chi connectivity index (χ1) is 13.1. The number of aromatic nitrogens is 2. The van der Waals surface area contributed by atoms with Crippen LogP contribution in [0, 0.1) is 0 Å². The first-order valence-corrected chi connectivity index (χ1v) is 8.55. The second kappa shape index (κ2) is 8.55. The number of nitrogens with zero attached hydrogens (tertiary/aromatic N) is 2. The van der Waals surface area contributed by atoms with Gasteiger partial charge in [0.2, 0.25) is 5.82 Å². The van der Waals surface area contributed by atoms with Crippen LogP contribution in [0.5, 0.6) is 11.5 Å². The molecular formula is C19H17ClN2O5. The summed E-state index contributed by atoms with van der Waals surface area (Å²) in [4.78, 5) is 16.5. The van der Waals surface area contributed by atoms with E-state index >= 15 is 0 Å². The minimum Gasteiger partial charge on any atom is -0.493 e. The van der Waals surface area contributed by atoms with Crippen LogP contribution in [0.25, 0.3) is 11.4 Å². The van der Waals surface area contributed by atoms with Gasteiger partial charge in [-0.05, 0) is 49.4 Å². The van der Waals surface area contributed by atoms with Crippen LogP contribution in [-0.2, 0) is 11.3 Å². The fraction of sp³-hybridized carbons (Fsp3) is 0.211. The zero-order valence-corrected chi connectivity index (χ0v) is 15.5. The van der Waals surface area contributed by atoms with E-state index in [0.29, 0.717) is 34.5 Å². The molecule has 2 aromatic carbocycles. The van der Waals surface area contributed by atoms with E-state index in [1.807, 2.05) is 6.92 Å². The van der Waals surface area contributed by atoms with Crippen LogP contribution in [0.4, 0.5) is 0 Å². The quantitative estimate of drug-likeness (QED) is 0.562. The molecular weight excluding hydrogens is 372 g/mol. The summed E-state index contributed by atoms with van der Waals surface area (Å²) in [5, 5.41) is 4.48. The second-order valence-electron chi connectivity index (χ2n) is 5.39. The van der Waals surface area contributed by atoms with Crippen molar-refractivity contribution in [3.8, 4) is 22.9 Å². The fourth-order valence-corrected chi connectivity index (χ4v) is 2.44. The van der Waals surface area contributed by atoms with E-state index in [-0.39, 0.29) is 12.5 Å². The largest absolute Gasteiger partial charge is 0.493 e. The van der Waals surface area contributed by atoms with Gasteiger partial charge in [0.1, 0.15) is 0 Å². The number of ether oxygens (including phenoxy) is 3. The van der Waals surface area contributed by atoms with E-state index in [1.165, 1.54) is 7.11 Å². The van der Waals surface area contributed by atoms with Gasteiger partial charge in [0, 0.05) is 10.6 Å². The normalized spacial score (nSPS) is 10.5. The van der Waals surface area contributed by atoms with Gasteiger partial charge in [-0.2, -0.15) is 4.98 Å². The van der Waals surface area contributed by atoms with Crippen molar-refractivity contribution in [2.75, 3.05) is 13.7 Å². The Morgan fingerprint density at radius 3 is 2.63 bits per heavy atom. The van der Waals surface area contributed by atoms with Crippen molar-refractivity contribution < 1.29 is 23.5 Å². The van der Waals surface area contributed by atoms with Crippen molar-refractivity contribution in [2.45, 2.75) is 13.5 Å². The molecule has 0 amide bonds. The van der Waals surface area contributed by atoms with E-state index in [0.717, 1.165) is 5.56 Å². The molecule has 1 aromatic heterocycles. The van der Waals surface area contributed by atoms with Crippen LogP contribution in [0.15, 0.2) is 47.0 Å². The molecule has 0 bridgehead atoms. The summed E-state index contributed by atoms with van der Waals surface area (Å²) < 4.78 is 21.0. The van der Waals surface area contributed by atoms with Crippen molar-refractivity contribution in [1.29, 1.82) is 0 Å². The molecule has 3 rings (SSSR count). The average molecular weight is 389 g/mol. The van der Waals surface area contributed by atoms with E-state index < -0.39 is 5.97 Å². The number of hydrogen-bond donors (Lipinski definition) is 0. The Labute approximate surface area is 160 Å². The molecule has 0 saturated carbocycles. The number of halogens is 1. The molecule has 0 fully saturated rings. The van der Waals surface area contributed by atoms with Crippen LogP contribution < -0.4 is 9.47 Å². The van der Waals surface area contributed by atoms with E-state index in [4.69, 9.17) is 30.3 Å². The summed E-state index contributed by atoms with van der Waals surface area (Å²) in [6, 6.07) is 11.8. The average Bonchev–Trinajstić information content (AvgIpc) is 3.16. The maximum atomic E-state index is 12.2. The molecule has 3 aromatic rings. The molecule has 0 N–H and O–H groups in total. The Hall–Kier alpha value is -3.06. The molecule has 27 heavy (non-hydrogen) atoms. The lowest BCUT2D eigenvalue weighted by molar-refractivity contribution is 0.0429. The third kappa shape index (κ3) is 4.57. The smallest absolute Gasteiger partial charge is 0.338 e. The number of methoxy groups -OCH3 is 1. The molecule has 8 heteroatoms. The lowest BCUT2D eigenvalue weighted by Gasteiger charge is -2.10. The molecule has 0 radical (unpaired) electrons. The molecule has 0 atom stereocenters. The third-order valence-corrected chi connectivity index (χ3v) is 3.85. The van der Waals surface area contributed by atoms with Crippen molar-refractivity contribution in [1.82, 2.24) is 10.1 Å². The Kier molecular flexibility index (Phi) is 5.93. The van der Waals surface area contributed by atoms with Gasteiger partial charge in [-0.15, -0.1) is 0 Å². The zero-order chi connectivity index (χ0) is 19.2. The minimum atomic E-state index is -0.539. The number of benzene rings is 2. The van der Waals surface area contributed by atoms with Crippen LogP contribution >= 0.6 is 11.6 Å². The molecule has 0 saturated heterocycles. The number of esters is 1. The summed E-state index contributed by atoms with van der Waals surface area (Å²) in [6.45, 7) is 2.21. The van der Waals surface area contributed by atoms with Gasteiger partial charge in [0.05, 0.1) is 19.3 Å². The van der Waals surface area contributed by atoms with Gasteiger partial charge in [-0.3, -0.25) is 0 Å². The number of carbonyl (C=O) groups is 1. The zero-order valence-electron chi connectivity index (χ0n) is 14.8. The molecule has 140 valence electrons. The summed E-state index contributed by atoms with van der Waals surface area (Å²) >= 11 is 5.86. The molecule has 0 aliphatic carbocycles. The van der Waals surface area contributed by atoms with Gasteiger partial charge in [0.25, 0.3) is 5.89 Å². The Morgan fingerprint density at radius 1 is 1.15 bits per heavy atom. The summed E-state index contributed by atoms with van der Waals surface area (Å²) in [7, 11) is 1.50. The van der Waals surface area contributed by atoms with Crippen molar-refractivity contribution in [2.24, 2.45) is 0 Å². The fourth-order valence-electron chi connectivity index (χ4n) is 2.31.